The molecule has 1 N–H and O–H groups in total. The van der Waals surface area contributed by atoms with Gasteiger partial charge in [0.15, 0.2) is 0 Å². The second-order valence-corrected chi connectivity index (χ2v) is 4.65. The molecule has 16 heavy (non-hydrogen) atoms. The number of amides is 1. The molecule has 1 fully saturated rings. The number of carboxylic acid groups (broad SMARTS) is 1. The van der Waals surface area contributed by atoms with Crippen molar-refractivity contribution in [3.05, 3.63) is 0 Å². The fraction of sp³-hybridized carbons (Fsp3) is 0.818. The summed E-state index contributed by atoms with van der Waals surface area (Å²) in [5.74, 6) is -1.40. The lowest BCUT2D eigenvalue weighted by atomic mass is 9.91. The average Bonchev–Trinajstić information content (AvgIpc) is 3.01. The van der Waals surface area contributed by atoms with E-state index in [2.05, 4.69) is 0 Å². The monoisotopic (exact) mass is 229 g/mol. The number of nitrogens with zero attached hydrogens (tertiary/aromatic N) is 1. The van der Waals surface area contributed by atoms with Crippen LogP contribution in [-0.4, -0.2) is 48.2 Å². The van der Waals surface area contributed by atoms with Gasteiger partial charge in [0.2, 0.25) is 5.91 Å². The van der Waals surface area contributed by atoms with Crippen LogP contribution in [0, 0.1) is 5.41 Å². The van der Waals surface area contributed by atoms with Crippen LogP contribution in [0.3, 0.4) is 0 Å². The van der Waals surface area contributed by atoms with Gasteiger partial charge in [0.05, 0.1) is 6.61 Å². The second-order valence-electron chi connectivity index (χ2n) is 4.65. The lowest BCUT2D eigenvalue weighted by Gasteiger charge is -2.29. The highest BCUT2D eigenvalue weighted by Gasteiger charge is 2.43. The Balaban J connectivity index is 2.70. The van der Waals surface area contributed by atoms with E-state index in [1.54, 1.807) is 12.0 Å². The Morgan fingerprint density at radius 2 is 2.00 bits per heavy atom. The molecular formula is C11H19NO4. The molecule has 0 aliphatic heterocycles. The smallest absolute Gasteiger partial charge is 0.318 e. The molecule has 0 aromatic rings. The van der Waals surface area contributed by atoms with Crippen LogP contribution in [0.1, 0.15) is 26.7 Å². The molecule has 0 bridgehead atoms. The van der Waals surface area contributed by atoms with Crippen LogP contribution in [0.2, 0.25) is 0 Å². The van der Waals surface area contributed by atoms with E-state index in [4.69, 9.17) is 9.84 Å². The predicted octanol–water partition coefficient (Wildman–Crippen LogP) is 0.735. The van der Waals surface area contributed by atoms with Crippen LogP contribution < -0.4 is 0 Å². The summed E-state index contributed by atoms with van der Waals surface area (Å²) in [5.41, 5.74) is -1.35. The van der Waals surface area contributed by atoms with Gasteiger partial charge in [-0.1, -0.05) is 0 Å². The summed E-state index contributed by atoms with van der Waals surface area (Å²) in [6.07, 6.45) is 1.93. The van der Waals surface area contributed by atoms with E-state index in [0.717, 1.165) is 12.8 Å². The van der Waals surface area contributed by atoms with Crippen LogP contribution in [0.15, 0.2) is 0 Å². The fourth-order valence-corrected chi connectivity index (χ4v) is 1.48. The molecule has 1 saturated carbocycles. The van der Waals surface area contributed by atoms with Crippen LogP contribution in [0.5, 0.6) is 0 Å². The number of hydrogen-bond donors (Lipinski definition) is 1. The molecule has 0 radical (unpaired) electrons. The molecule has 1 rings (SSSR count). The number of ether oxygens (including phenoxy) is 1. The van der Waals surface area contributed by atoms with Gasteiger partial charge in [0.1, 0.15) is 5.41 Å². The van der Waals surface area contributed by atoms with Crippen molar-refractivity contribution in [3.8, 4) is 0 Å². The number of carboxylic acids is 1. The molecule has 0 atom stereocenters. The molecule has 0 saturated heterocycles. The first-order valence-electron chi connectivity index (χ1n) is 5.44. The third-order valence-corrected chi connectivity index (χ3v) is 2.85. The number of rotatable bonds is 6. The van der Waals surface area contributed by atoms with Crippen molar-refractivity contribution in [2.24, 2.45) is 5.41 Å². The number of aliphatic carboxylic acids is 1. The van der Waals surface area contributed by atoms with Gasteiger partial charge < -0.3 is 14.7 Å². The number of hydrogen-bond acceptors (Lipinski definition) is 3. The molecule has 0 unspecified atom stereocenters. The summed E-state index contributed by atoms with van der Waals surface area (Å²) in [7, 11) is 1.57. The molecule has 5 nitrogen and oxygen atoms in total. The van der Waals surface area contributed by atoms with Crippen LogP contribution in [0.4, 0.5) is 0 Å². The zero-order chi connectivity index (χ0) is 12.3. The van der Waals surface area contributed by atoms with Crippen LogP contribution in [-0.2, 0) is 14.3 Å². The normalized spacial score (nSPS) is 15.9. The Morgan fingerprint density at radius 1 is 1.44 bits per heavy atom. The first-order valence-corrected chi connectivity index (χ1v) is 5.44. The lowest BCUT2D eigenvalue weighted by molar-refractivity contribution is -0.158. The zero-order valence-corrected chi connectivity index (χ0v) is 10.0. The van der Waals surface area contributed by atoms with Crippen molar-refractivity contribution in [3.63, 3.8) is 0 Å². The van der Waals surface area contributed by atoms with Crippen molar-refractivity contribution < 1.29 is 19.4 Å². The van der Waals surface area contributed by atoms with Crippen molar-refractivity contribution >= 4 is 11.9 Å². The number of carbonyl (C=O) groups excluding carboxylic acids is 1. The zero-order valence-electron chi connectivity index (χ0n) is 10.0. The number of carbonyl (C=O) groups is 2. The quantitative estimate of drug-likeness (QED) is 0.682. The molecule has 0 spiro atoms. The first kappa shape index (κ1) is 13.0. The minimum atomic E-state index is -1.35. The van der Waals surface area contributed by atoms with Gasteiger partial charge in [-0.15, -0.1) is 0 Å². The predicted molar refractivity (Wildman–Crippen MR) is 58.0 cm³/mol. The molecule has 92 valence electrons. The number of methoxy groups -OCH3 is 1. The summed E-state index contributed by atoms with van der Waals surface area (Å²) in [4.78, 5) is 24.7. The topological polar surface area (TPSA) is 66.8 Å². The maximum Gasteiger partial charge on any atom is 0.318 e. The van der Waals surface area contributed by atoms with E-state index in [0.29, 0.717) is 13.2 Å². The van der Waals surface area contributed by atoms with Gasteiger partial charge in [0, 0.05) is 19.7 Å². The minimum Gasteiger partial charge on any atom is -0.480 e. The Hall–Kier alpha value is -1.10. The summed E-state index contributed by atoms with van der Waals surface area (Å²) in [6.45, 7) is 3.80. The standard InChI is InChI=1S/C11H19NO4/c1-11(2,10(14)15)9(13)12(6-7-16-3)8-4-5-8/h8H,4-7H2,1-3H3,(H,14,15). The van der Waals surface area contributed by atoms with Crippen molar-refractivity contribution in [1.29, 1.82) is 0 Å². The maximum absolute atomic E-state index is 12.1. The SMILES string of the molecule is COCCN(C(=O)C(C)(C)C(=O)O)C1CC1. The highest BCUT2D eigenvalue weighted by molar-refractivity contribution is 6.01. The third kappa shape index (κ3) is 2.72. The van der Waals surface area contributed by atoms with Gasteiger partial charge in [-0.3, -0.25) is 9.59 Å². The van der Waals surface area contributed by atoms with Crippen molar-refractivity contribution in [1.82, 2.24) is 4.90 Å². The van der Waals surface area contributed by atoms with Gasteiger partial charge in [-0.25, -0.2) is 0 Å². The molecule has 1 amide bonds. The van der Waals surface area contributed by atoms with E-state index in [1.165, 1.54) is 13.8 Å². The Morgan fingerprint density at radius 3 is 2.38 bits per heavy atom. The van der Waals surface area contributed by atoms with Crippen molar-refractivity contribution in [2.75, 3.05) is 20.3 Å². The van der Waals surface area contributed by atoms with E-state index in [-0.39, 0.29) is 11.9 Å². The largest absolute Gasteiger partial charge is 0.480 e. The van der Waals surface area contributed by atoms with E-state index in [9.17, 15) is 9.59 Å². The summed E-state index contributed by atoms with van der Waals surface area (Å²) < 4.78 is 4.93. The lowest BCUT2D eigenvalue weighted by Crippen LogP contribution is -2.47. The molecule has 5 heteroatoms. The van der Waals surface area contributed by atoms with Crippen LogP contribution in [0.25, 0.3) is 0 Å². The molecule has 0 heterocycles. The van der Waals surface area contributed by atoms with Crippen LogP contribution >= 0.6 is 0 Å². The summed E-state index contributed by atoms with van der Waals surface area (Å²) >= 11 is 0. The molecule has 0 aromatic carbocycles. The van der Waals surface area contributed by atoms with Gasteiger partial charge in [-0.05, 0) is 26.7 Å². The molecular weight excluding hydrogens is 210 g/mol. The third-order valence-electron chi connectivity index (χ3n) is 2.85. The van der Waals surface area contributed by atoms with Crippen molar-refractivity contribution in [2.45, 2.75) is 32.7 Å². The Bertz CT molecular complexity index is 284. The van der Waals surface area contributed by atoms with E-state index >= 15 is 0 Å². The molecule has 1 aliphatic carbocycles. The Kier molecular flexibility index (Phi) is 3.91. The fourth-order valence-electron chi connectivity index (χ4n) is 1.48. The first-order chi connectivity index (χ1) is 7.41. The summed E-state index contributed by atoms with van der Waals surface area (Å²) in [5, 5.41) is 9.01. The molecule has 1 aliphatic rings. The maximum atomic E-state index is 12.1. The highest BCUT2D eigenvalue weighted by atomic mass is 16.5. The molecule has 0 aromatic heterocycles. The van der Waals surface area contributed by atoms with E-state index < -0.39 is 11.4 Å². The van der Waals surface area contributed by atoms with Gasteiger partial charge >= 0.3 is 5.97 Å². The van der Waals surface area contributed by atoms with E-state index in [1.807, 2.05) is 0 Å². The second kappa shape index (κ2) is 4.82. The average molecular weight is 229 g/mol. The Labute approximate surface area is 95.4 Å². The minimum absolute atomic E-state index is 0.210. The highest BCUT2D eigenvalue weighted by Crippen LogP contribution is 2.31. The van der Waals surface area contributed by atoms with Gasteiger partial charge in [0.25, 0.3) is 0 Å². The summed E-state index contributed by atoms with van der Waals surface area (Å²) in [6, 6.07) is 0.210. The van der Waals surface area contributed by atoms with Gasteiger partial charge in [-0.2, -0.15) is 0 Å².